The standard InChI is InChI=1S/C21H39N7O7S/c1-4-11(2)16(20(34)35)28-18(32)13(7-9-36-3)26-19(33)14(10-15(29)30)27-17(31)12(22)6-5-8-25-21(23)24/h11-14,16H,4-10,22H2,1-3H3,(H,26,33)(H,27,31)(H,28,32)(H,29,30)(H,34,35)(H4,23,24,25). The normalized spacial score (nSPS) is 14.9. The van der Waals surface area contributed by atoms with E-state index in [0.717, 1.165) is 0 Å². The molecule has 5 unspecified atom stereocenters. The number of carbonyl (C=O) groups is 5. The number of thioether (sulfide) groups is 1. The Kier molecular flexibility index (Phi) is 15.9. The van der Waals surface area contributed by atoms with Crippen LogP contribution in [-0.4, -0.2) is 88.6 Å². The average Bonchev–Trinajstić information content (AvgIpc) is 2.80. The minimum absolute atomic E-state index is 0.106. The van der Waals surface area contributed by atoms with Gasteiger partial charge in [-0.1, -0.05) is 20.3 Å². The molecule has 0 aliphatic heterocycles. The van der Waals surface area contributed by atoms with Gasteiger partial charge in [-0.15, -0.1) is 0 Å². The lowest BCUT2D eigenvalue weighted by molar-refractivity contribution is -0.144. The Bertz CT molecular complexity index is 793. The van der Waals surface area contributed by atoms with Crippen LogP contribution in [0.1, 0.15) is 46.0 Å². The summed E-state index contributed by atoms with van der Waals surface area (Å²) in [5.41, 5.74) is 16.3. The third kappa shape index (κ3) is 13.1. The minimum atomic E-state index is -1.51. The van der Waals surface area contributed by atoms with Crippen LogP contribution in [0.5, 0.6) is 0 Å². The van der Waals surface area contributed by atoms with E-state index in [2.05, 4.69) is 20.9 Å². The highest BCUT2D eigenvalue weighted by atomic mass is 32.2. The van der Waals surface area contributed by atoms with Crippen molar-refractivity contribution < 1.29 is 34.2 Å². The van der Waals surface area contributed by atoms with Crippen LogP contribution < -0.4 is 33.2 Å². The van der Waals surface area contributed by atoms with Gasteiger partial charge in [-0.3, -0.25) is 24.2 Å². The Morgan fingerprint density at radius 2 is 1.53 bits per heavy atom. The summed E-state index contributed by atoms with van der Waals surface area (Å²) in [5, 5.41) is 25.9. The average molecular weight is 534 g/mol. The van der Waals surface area contributed by atoms with Gasteiger partial charge in [0.2, 0.25) is 17.7 Å². The molecule has 36 heavy (non-hydrogen) atoms. The monoisotopic (exact) mass is 533 g/mol. The molecule has 15 heteroatoms. The minimum Gasteiger partial charge on any atom is -0.481 e. The number of nitrogens with zero attached hydrogens (tertiary/aromatic N) is 1. The van der Waals surface area contributed by atoms with E-state index in [4.69, 9.17) is 17.2 Å². The van der Waals surface area contributed by atoms with Crippen molar-refractivity contribution >= 4 is 47.4 Å². The van der Waals surface area contributed by atoms with Gasteiger partial charge in [-0.25, -0.2) is 4.79 Å². The molecule has 0 aliphatic rings. The van der Waals surface area contributed by atoms with Crippen molar-refractivity contribution in [1.29, 1.82) is 0 Å². The van der Waals surface area contributed by atoms with E-state index < -0.39 is 60.2 Å². The van der Waals surface area contributed by atoms with E-state index in [9.17, 15) is 34.2 Å². The zero-order valence-electron chi connectivity index (χ0n) is 20.9. The zero-order valence-corrected chi connectivity index (χ0v) is 21.7. The Hall–Kier alpha value is -3.07. The van der Waals surface area contributed by atoms with Crippen LogP contribution in [0.15, 0.2) is 4.99 Å². The van der Waals surface area contributed by atoms with Crippen molar-refractivity contribution in [3.63, 3.8) is 0 Å². The van der Waals surface area contributed by atoms with Crippen LogP contribution in [0.25, 0.3) is 0 Å². The van der Waals surface area contributed by atoms with Crippen LogP contribution in [-0.2, 0) is 24.0 Å². The van der Waals surface area contributed by atoms with Gasteiger partial charge in [0.15, 0.2) is 5.96 Å². The second-order valence-electron chi connectivity index (χ2n) is 8.27. The molecular weight excluding hydrogens is 494 g/mol. The number of carbonyl (C=O) groups excluding carboxylic acids is 3. The van der Waals surface area contributed by atoms with Crippen molar-refractivity contribution in [3.05, 3.63) is 0 Å². The molecule has 206 valence electrons. The summed E-state index contributed by atoms with van der Waals surface area (Å²) in [5.74, 6) is -4.97. The lowest BCUT2D eigenvalue weighted by atomic mass is 9.98. The molecule has 0 heterocycles. The summed E-state index contributed by atoms with van der Waals surface area (Å²) in [4.78, 5) is 64.8. The fourth-order valence-corrected chi connectivity index (χ4v) is 3.50. The van der Waals surface area contributed by atoms with Crippen molar-refractivity contribution in [1.82, 2.24) is 16.0 Å². The number of rotatable bonds is 18. The summed E-state index contributed by atoms with van der Waals surface area (Å²) in [6, 6.07) is -4.86. The first kappa shape index (κ1) is 32.9. The van der Waals surface area contributed by atoms with Crippen molar-refractivity contribution in [2.75, 3.05) is 18.6 Å². The second kappa shape index (κ2) is 17.4. The van der Waals surface area contributed by atoms with Crippen LogP contribution in [0.4, 0.5) is 0 Å². The third-order valence-electron chi connectivity index (χ3n) is 5.34. The van der Waals surface area contributed by atoms with Gasteiger partial charge in [0.05, 0.1) is 12.5 Å². The van der Waals surface area contributed by atoms with Crippen molar-refractivity contribution in [3.8, 4) is 0 Å². The van der Waals surface area contributed by atoms with E-state index in [1.807, 2.05) is 0 Å². The van der Waals surface area contributed by atoms with E-state index in [0.29, 0.717) is 18.6 Å². The topological polar surface area (TPSA) is 252 Å². The van der Waals surface area contributed by atoms with Gasteiger partial charge in [0, 0.05) is 6.54 Å². The summed E-state index contributed by atoms with van der Waals surface area (Å²) >= 11 is 1.40. The predicted molar refractivity (Wildman–Crippen MR) is 136 cm³/mol. The molecule has 0 aromatic rings. The number of nitrogens with two attached hydrogens (primary N) is 3. The molecule has 0 spiro atoms. The number of aliphatic imine (C=N–C) groups is 1. The van der Waals surface area contributed by atoms with Gasteiger partial charge in [0.1, 0.15) is 18.1 Å². The number of hydrogen-bond acceptors (Lipinski definition) is 8. The van der Waals surface area contributed by atoms with Gasteiger partial charge < -0.3 is 43.4 Å². The SMILES string of the molecule is CCC(C)C(NC(=O)C(CCSC)NC(=O)C(CC(=O)O)NC(=O)C(N)CCCN=C(N)N)C(=O)O. The molecule has 0 saturated carbocycles. The first-order valence-electron chi connectivity index (χ1n) is 11.5. The summed E-state index contributed by atoms with van der Waals surface area (Å²) in [7, 11) is 0. The molecule has 0 aromatic carbocycles. The van der Waals surface area contributed by atoms with Crippen LogP contribution in [0.2, 0.25) is 0 Å². The number of hydrogen-bond donors (Lipinski definition) is 8. The quantitative estimate of drug-likeness (QED) is 0.0553. The summed E-state index contributed by atoms with van der Waals surface area (Å²) < 4.78 is 0. The molecule has 0 rings (SSSR count). The third-order valence-corrected chi connectivity index (χ3v) is 5.98. The first-order chi connectivity index (χ1) is 16.8. The fourth-order valence-electron chi connectivity index (χ4n) is 3.03. The number of carboxylic acids is 2. The number of carboxylic acid groups (broad SMARTS) is 2. The second-order valence-corrected chi connectivity index (χ2v) is 9.25. The maximum atomic E-state index is 12.9. The Balaban J connectivity index is 5.42. The molecule has 14 nitrogen and oxygen atoms in total. The van der Waals surface area contributed by atoms with E-state index >= 15 is 0 Å². The number of aliphatic carboxylic acids is 2. The zero-order chi connectivity index (χ0) is 27.8. The highest BCUT2D eigenvalue weighted by molar-refractivity contribution is 7.98. The van der Waals surface area contributed by atoms with Gasteiger partial charge in [-0.05, 0) is 37.2 Å². The first-order valence-corrected chi connectivity index (χ1v) is 12.9. The number of amides is 3. The van der Waals surface area contributed by atoms with Gasteiger partial charge in [-0.2, -0.15) is 11.8 Å². The number of nitrogens with one attached hydrogen (secondary N) is 3. The molecule has 0 saturated heterocycles. The van der Waals surface area contributed by atoms with Gasteiger partial charge >= 0.3 is 11.9 Å². The molecule has 5 atom stereocenters. The Morgan fingerprint density at radius 1 is 0.944 bits per heavy atom. The molecule has 3 amide bonds. The largest absolute Gasteiger partial charge is 0.481 e. The molecule has 0 radical (unpaired) electrons. The molecule has 0 aliphatic carbocycles. The molecule has 0 fully saturated rings. The number of guanidine groups is 1. The Morgan fingerprint density at radius 3 is 2.03 bits per heavy atom. The van der Waals surface area contributed by atoms with Crippen molar-refractivity contribution in [2.45, 2.75) is 70.1 Å². The van der Waals surface area contributed by atoms with E-state index in [-0.39, 0.29) is 31.3 Å². The Labute approximate surface area is 214 Å². The highest BCUT2D eigenvalue weighted by Gasteiger charge is 2.32. The molecular formula is C21H39N7O7S. The highest BCUT2D eigenvalue weighted by Crippen LogP contribution is 2.10. The molecule has 0 bridgehead atoms. The fraction of sp³-hybridized carbons (Fsp3) is 0.714. The maximum Gasteiger partial charge on any atom is 0.326 e. The van der Waals surface area contributed by atoms with Gasteiger partial charge in [0.25, 0.3) is 0 Å². The van der Waals surface area contributed by atoms with Crippen LogP contribution in [0, 0.1) is 5.92 Å². The van der Waals surface area contributed by atoms with Crippen LogP contribution >= 0.6 is 11.8 Å². The van der Waals surface area contributed by atoms with Crippen LogP contribution in [0.3, 0.4) is 0 Å². The molecule has 11 N–H and O–H groups in total. The van der Waals surface area contributed by atoms with Crippen molar-refractivity contribution in [2.24, 2.45) is 28.1 Å². The lowest BCUT2D eigenvalue weighted by Gasteiger charge is -2.26. The van der Waals surface area contributed by atoms with E-state index in [1.54, 1.807) is 20.1 Å². The summed E-state index contributed by atoms with van der Waals surface area (Å²) in [6.45, 7) is 3.70. The molecule has 0 aromatic heterocycles. The maximum absolute atomic E-state index is 12.9. The smallest absolute Gasteiger partial charge is 0.326 e. The van der Waals surface area contributed by atoms with E-state index in [1.165, 1.54) is 11.8 Å². The lowest BCUT2D eigenvalue weighted by Crippen LogP contribution is -2.58. The summed E-state index contributed by atoms with van der Waals surface area (Å²) in [6.07, 6.45) is 2.24. The predicted octanol–water partition coefficient (Wildman–Crippen LogP) is -1.82.